The highest BCUT2D eigenvalue weighted by Gasteiger charge is 2.28. The molecule has 2 N–H and O–H groups in total. The molecule has 0 aliphatic carbocycles. The highest BCUT2D eigenvalue weighted by atomic mass is 32.1. The van der Waals surface area contributed by atoms with Crippen molar-refractivity contribution in [2.75, 3.05) is 13.1 Å². The van der Waals surface area contributed by atoms with Gasteiger partial charge in [-0.25, -0.2) is 0 Å². The number of carbonyl (C=O) groups is 2. The van der Waals surface area contributed by atoms with Gasteiger partial charge in [-0.15, -0.1) is 11.3 Å². The minimum absolute atomic E-state index is 0.0954. The van der Waals surface area contributed by atoms with Gasteiger partial charge >= 0.3 is 0 Å². The Labute approximate surface area is 146 Å². The number of carbonyl (C=O) groups excluding carboxylic acids is 2. The van der Waals surface area contributed by atoms with E-state index in [0.29, 0.717) is 25.4 Å². The molecule has 1 aliphatic heterocycles. The SMILES string of the molecule is Cc1sc(-n2cccc2)c(C(=O)N2CCC(CC(N)=O)CC2)c1C. The Morgan fingerprint density at radius 1 is 1.21 bits per heavy atom. The van der Waals surface area contributed by atoms with E-state index in [4.69, 9.17) is 5.73 Å². The predicted octanol–water partition coefficient (Wildman–Crippen LogP) is 2.88. The van der Waals surface area contributed by atoms with Gasteiger partial charge in [-0.05, 0) is 50.3 Å². The molecule has 3 rings (SSSR count). The molecular weight excluding hydrogens is 322 g/mol. The second-order valence-corrected chi connectivity index (χ2v) is 7.66. The molecule has 0 saturated carbocycles. The van der Waals surface area contributed by atoms with Gasteiger partial charge in [0.1, 0.15) is 5.00 Å². The Balaban J connectivity index is 1.80. The lowest BCUT2D eigenvalue weighted by Crippen LogP contribution is -2.39. The first-order valence-corrected chi connectivity index (χ1v) is 9.10. The lowest BCUT2D eigenvalue weighted by Gasteiger charge is -2.31. The molecule has 0 unspecified atom stereocenters. The van der Waals surface area contributed by atoms with Crippen molar-refractivity contribution in [2.24, 2.45) is 11.7 Å². The van der Waals surface area contributed by atoms with E-state index in [2.05, 4.69) is 6.92 Å². The number of amides is 2. The van der Waals surface area contributed by atoms with Crippen molar-refractivity contribution in [1.29, 1.82) is 0 Å². The number of primary amides is 1. The van der Waals surface area contributed by atoms with E-state index in [0.717, 1.165) is 29.0 Å². The molecule has 0 bridgehead atoms. The number of thiophene rings is 1. The highest BCUT2D eigenvalue weighted by molar-refractivity contribution is 7.15. The van der Waals surface area contributed by atoms with Crippen LogP contribution in [0.25, 0.3) is 5.00 Å². The fraction of sp³-hybridized carbons (Fsp3) is 0.444. The minimum atomic E-state index is -0.251. The molecular formula is C18H23N3O2S. The summed E-state index contributed by atoms with van der Waals surface area (Å²) in [5.41, 5.74) is 7.16. The van der Waals surface area contributed by atoms with Gasteiger partial charge in [0.25, 0.3) is 5.91 Å². The van der Waals surface area contributed by atoms with Crippen LogP contribution in [-0.2, 0) is 4.79 Å². The zero-order chi connectivity index (χ0) is 17.3. The average Bonchev–Trinajstić information content (AvgIpc) is 3.16. The van der Waals surface area contributed by atoms with Gasteiger partial charge in [0.2, 0.25) is 5.91 Å². The van der Waals surface area contributed by atoms with Crippen LogP contribution in [0, 0.1) is 19.8 Å². The van der Waals surface area contributed by atoms with E-state index in [1.54, 1.807) is 11.3 Å². The average molecular weight is 345 g/mol. The van der Waals surface area contributed by atoms with Crippen molar-refractivity contribution in [1.82, 2.24) is 9.47 Å². The van der Waals surface area contributed by atoms with Crippen molar-refractivity contribution in [3.63, 3.8) is 0 Å². The molecule has 3 heterocycles. The number of nitrogens with zero attached hydrogens (tertiary/aromatic N) is 2. The monoisotopic (exact) mass is 345 g/mol. The maximum atomic E-state index is 13.1. The molecule has 1 fully saturated rings. The van der Waals surface area contributed by atoms with Gasteiger partial charge in [-0.1, -0.05) is 0 Å². The number of aryl methyl sites for hydroxylation is 1. The molecule has 5 nitrogen and oxygen atoms in total. The number of hydrogen-bond donors (Lipinski definition) is 1. The number of piperidine rings is 1. The molecule has 0 spiro atoms. The first kappa shape index (κ1) is 16.8. The molecule has 0 atom stereocenters. The summed E-state index contributed by atoms with van der Waals surface area (Å²) in [6.07, 6.45) is 6.06. The molecule has 0 aromatic carbocycles. The number of likely N-dealkylation sites (tertiary alicyclic amines) is 1. The van der Waals surface area contributed by atoms with Gasteiger partial charge < -0.3 is 15.2 Å². The van der Waals surface area contributed by atoms with Crippen molar-refractivity contribution in [2.45, 2.75) is 33.1 Å². The zero-order valence-electron chi connectivity index (χ0n) is 14.1. The van der Waals surface area contributed by atoms with Crippen LogP contribution in [0.15, 0.2) is 24.5 Å². The fourth-order valence-corrected chi connectivity index (χ4v) is 4.41. The van der Waals surface area contributed by atoms with Gasteiger partial charge in [-0.2, -0.15) is 0 Å². The molecule has 0 radical (unpaired) electrons. The largest absolute Gasteiger partial charge is 0.370 e. The fourth-order valence-electron chi connectivity index (χ4n) is 3.30. The Hall–Kier alpha value is -2.08. The van der Waals surface area contributed by atoms with Gasteiger partial charge in [0.15, 0.2) is 0 Å². The van der Waals surface area contributed by atoms with Crippen LogP contribution in [0.5, 0.6) is 0 Å². The normalized spacial score (nSPS) is 15.7. The maximum Gasteiger partial charge on any atom is 0.257 e. The maximum absolute atomic E-state index is 13.1. The lowest BCUT2D eigenvalue weighted by molar-refractivity contribution is -0.119. The zero-order valence-corrected chi connectivity index (χ0v) is 14.9. The van der Waals surface area contributed by atoms with Crippen LogP contribution in [-0.4, -0.2) is 34.4 Å². The van der Waals surface area contributed by atoms with Crippen molar-refractivity contribution in [3.05, 3.63) is 40.5 Å². The third kappa shape index (κ3) is 3.24. The Kier molecular flexibility index (Phi) is 4.76. The van der Waals surface area contributed by atoms with Crippen LogP contribution in [0.3, 0.4) is 0 Å². The molecule has 2 aromatic rings. The summed E-state index contributed by atoms with van der Waals surface area (Å²) < 4.78 is 2.01. The summed E-state index contributed by atoms with van der Waals surface area (Å²) in [6.45, 7) is 5.46. The smallest absolute Gasteiger partial charge is 0.257 e. The quantitative estimate of drug-likeness (QED) is 0.926. The van der Waals surface area contributed by atoms with Crippen molar-refractivity contribution >= 4 is 23.2 Å². The minimum Gasteiger partial charge on any atom is -0.370 e. The van der Waals surface area contributed by atoms with Crippen LogP contribution in [0.2, 0.25) is 0 Å². The van der Waals surface area contributed by atoms with Crippen molar-refractivity contribution < 1.29 is 9.59 Å². The van der Waals surface area contributed by atoms with Gasteiger partial charge in [0.05, 0.1) is 5.56 Å². The Morgan fingerprint density at radius 2 is 1.83 bits per heavy atom. The highest BCUT2D eigenvalue weighted by Crippen LogP contribution is 2.33. The summed E-state index contributed by atoms with van der Waals surface area (Å²) in [6, 6.07) is 3.93. The number of hydrogen-bond acceptors (Lipinski definition) is 3. The van der Waals surface area contributed by atoms with E-state index >= 15 is 0 Å². The van der Waals surface area contributed by atoms with E-state index in [1.165, 1.54) is 4.88 Å². The summed E-state index contributed by atoms with van der Waals surface area (Å²) in [5, 5.41) is 0.985. The van der Waals surface area contributed by atoms with E-state index < -0.39 is 0 Å². The van der Waals surface area contributed by atoms with E-state index in [-0.39, 0.29) is 11.8 Å². The third-order valence-corrected chi connectivity index (χ3v) is 6.03. The first-order chi connectivity index (χ1) is 11.5. The number of nitrogens with two attached hydrogens (primary N) is 1. The summed E-state index contributed by atoms with van der Waals surface area (Å²) in [5.74, 6) is 0.151. The summed E-state index contributed by atoms with van der Waals surface area (Å²) >= 11 is 1.65. The molecule has 2 amide bonds. The number of rotatable bonds is 4. The number of aromatic nitrogens is 1. The molecule has 1 aliphatic rings. The second-order valence-electron chi connectivity index (χ2n) is 6.46. The van der Waals surface area contributed by atoms with Crippen LogP contribution in [0.4, 0.5) is 0 Å². The molecule has 128 valence electrons. The summed E-state index contributed by atoms with van der Waals surface area (Å²) in [7, 11) is 0. The topological polar surface area (TPSA) is 68.3 Å². The molecule has 6 heteroatoms. The van der Waals surface area contributed by atoms with E-state index in [1.807, 2.05) is 40.9 Å². The molecule has 2 aromatic heterocycles. The third-order valence-electron chi connectivity index (χ3n) is 4.81. The predicted molar refractivity (Wildman–Crippen MR) is 95.6 cm³/mol. The lowest BCUT2D eigenvalue weighted by atomic mass is 9.93. The standard InChI is InChI=1S/C18H23N3O2S/c1-12-13(2)24-18(21-7-3-4-8-21)16(12)17(23)20-9-5-14(6-10-20)11-15(19)22/h3-4,7-8,14H,5-6,9-11H2,1-2H3,(H2,19,22). The first-order valence-electron chi connectivity index (χ1n) is 8.28. The van der Waals surface area contributed by atoms with Crippen LogP contribution >= 0.6 is 11.3 Å². The molecule has 24 heavy (non-hydrogen) atoms. The second kappa shape index (κ2) is 6.81. The van der Waals surface area contributed by atoms with E-state index in [9.17, 15) is 9.59 Å². The van der Waals surface area contributed by atoms with Crippen molar-refractivity contribution in [3.8, 4) is 5.00 Å². The van der Waals surface area contributed by atoms with Crippen LogP contribution < -0.4 is 5.73 Å². The van der Waals surface area contributed by atoms with Gasteiger partial charge in [0, 0.05) is 36.8 Å². The summed E-state index contributed by atoms with van der Waals surface area (Å²) in [4.78, 5) is 27.3. The Morgan fingerprint density at radius 3 is 2.42 bits per heavy atom. The Bertz CT molecular complexity index is 741. The molecule has 1 saturated heterocycles. The van der Waals surface area contributed by atoms with Gasteiger partial charge in [-0.3, -0.25) is 9.59 Å². The van der Waals surface area contributed by atoms with Crippen LogP contribution in [0.1, 0.15) is 40.1 Å².